The van der Waals surface area contributed by atoms with Gasteiger partial charge in [0.15, 0.2) is 5.70 Å². The van der Waals surface area contributed by atoms with E-state index in [-0.39, 0.29) is 5.70 Å². The van der Waals surface area contributed by atoms with E-state index in [4.69, 9.17) is 14.2 Å². The Bertz CT molecular complexity index is 838. The highest BCUT2D eigenvalue weighted by molar-refractivity contribution is 6.12. The summed E-state index contributed by atoms with van der Waals surface area (Å²) in [7, 11) is 3.18. The molecule has 0 saturated carbocycles. The number of benzene rings is 2. The number of hydrogen-bond donors (Lipinski definition) is 0. The van der Waals surface area contributed by atoms with Crippen LogP contribution in [0.5, 0.6) is 11.5 Å². The third kappa shape index (κ3) is 2.88. The molecule has 0 amide bonds. The summed E-state index contributed by atoms with van der Waals surface area (Å²) in [5.74, 6) is 1.18. The zero-order valence-corrected chi connectivity index (χ0v) is 13.7. The van der Waals surface area contributed by atoms with Crippen molar-refractivity contribution in [2.24, 2.45) is 4.99 Å². The fraction of sp³-hybridized carbons (Fsp3) is 0.158. The summed E-state index contributed by atoms with van der Waals surface area (Å²) in [5.41, 5.74) is 2.58. The van der Waals surface area contributed by atoms with Crippen molar-refractivity contribution in [1.29, 1.82) is 0 Å². The first-order chi connectivity index (χ1) is 11.6. The van der Waals surface area contributed by atoms with Crippen LogP contribution in [0, 0.1) is 6.92 Å². The fourth-order valence-corrected chi connectivity index (χ4v) is 2.56. The van der Waals surface area contributed by atoms with Gasteiger partial charge in [-0.3, -0.25) is 0 Å². The SMILES string of the molecule is COc1ccc(/C=C2\N=C(c3ccccc3)OC2=O)c(OC)c1C. The van der Waals surface area contributed by atoms with E-state index < -0.39 is 5.97 Å². The van der Waals surface area contributed by atoms with E-state index in [2.05, 4.69) is 4.99 Å². The van der Waals surface area contributed by atoms with Gasteiger partial charge in [0, 0.05) is 16.7 Å². The third-order valence-electron chi connectivity index (χ3n) is 3.74. The molecule has 0 unspecified atom stereocenters. The van der Waals surface area contributed by atoms with E-state index in [0.717, 1.165) is 22.4 Å². The van der Waals surface area contributed by atoms with E-state index in [1.807, 2.05) is 49.4 Å². The third-order valence-corrected chi connectivity index (χ3v) is 3.74. The molecule has 0 aliphatic carbocycles. The lowest BCUT2D eigenvalue weighted by Gasteiger charge is -2.12. The molecule has 1 aliphatic rings. The zero-order valence-electron chi connectivity index (χ0n) is 13.7. The molecule has 5 heteroatoms. The van der Waals surface area contributed by atoms with E-state index in [1.165, 1.54) is 0 Å². The minimum atomic E-state index is -0.482. The highest BCUT2D eigenvalue weighted by Crippen LogP contribution is 2.33. The average molecular weight is 323 g/mol. The van der Waals surface area contributed by atoms with E-state index >= 15 is 0 Å². The first-order valence-electron chi connectivity index (χ1n) is 7.43. The van der Waals surface area contributed by atoms with Gasteiger partial charge in [0.05, 0.1) is 14.2 Å². The van der Waals surface area contributed by atoms with Crippen LogP contribution in [0.15, 0.2) is 53.2 Å². The molecule has 122 valence electrons. The van der Waals surface area contributed by atoms with Gasteiger partial charge >= 0.3 is 5.97 Å². The Hall–Kier alpha value is -3.08. The van der Waals surface area contributed by atoms with Crippen molar-refractivity contribution in [2.45, 2.75) is 6.92 Å². The number of aliphatic imine (C=N–C) groups is 1. The summed E-state index contributed by atoms with van der Waals surface area (Å²) >= 11 is 0. The van der Waals surface area contributed by atoms with Crippen molar-refractivity contribution < 1.29 is 19.0 Å². The Kier molecular flexibility index (Phi) is 4.33. The highest BCUT2D eigenvalue weighted by Gasteiger charge is 2.24. The summed E-state index contributed by atoms with van der Waals surface area (Å²) in [6.07, 6.45) is 1.66. The maximum atomic E-state index is 12.1. The van der Waals surface area contributed by atoms with Crippen molar-refractivity contribution in [1.82, 2.24) is 0 Å². The van der Waals surface area contributed by atoms with Crippen molar-refractivity contribution in [3.63, 3.8) is 0 Å². The smallest absolute Gasteiger partial charge is 0.363 e. The van der Waals surface area contributed by atoms with Crippen LogP contribution in [0.25, 0.3) is 6.08 Å². The van der Waals surface area contributed by atoms with Crippen molar-refractivity contribution in [3.8, 4) is 11.5 Å². The van der Waals surface area contributed by atoms with Gasteiger partial charge in [-0.25, -0.2) is 9.79 Å². The molecule has 5 nitrogen and oxygen atoms in total. The number of carbonyl (C=O) groups excluding carboxylic acids is 1. The van der Waals surface area contributed by atoms with Crippen LogP contribution in [-0.2, 0) is 9.53 Å². The van der Waals surface area contributed by atoms with Gasteiger partial charge < -0.3 is 14.2 Å². The number of cyclic esters (lactones) is 1. The van der Waals surface area contributed by atoms with Crippen LogP contribution in [-0.4, -0.2) is 26.1 Å². The van der Waals surface area contributed by atoms with E-state index in [9.17, 15) is 4.79 Å². The Morgan fingerprint density at radius 3 is 2.46 bits per heavy atom. The molecule has 0 saturated heterocycles. The topological polar surface area (TPSA) is 57.1 Å². The monoisotopic (exact) mass is 323 g/mol. The predicted molar refractivity (Wildman–Crippen MR) is 91.3 cm³/mol. The maximum absolute atomic E-state index is 12.1. The molecule has 0 bridgehead atoms. The molecular formula is C19H17NO4. The van der Waals surface area contributed by atoms with Crippen LogP contribution < -0.4 is 9.47 Å². The van der Waals surface area contributed by atoms with Gasteiger partial charge in [0.2, 0.25) is 5.90 Å². The molecule has 0 aromatic heterocycles. The molecule has 3 rings (SSSR count). The van der Waals surface area contributed by atoms with Gasteiger partial charge in [-0.05, 0) is 37.3 Å². The van der Waals surface area contributed by atoms with Gasteiger partial charge in [0.25, 0.3) is 0 Å². The zero-order chi connectivity index (χ0) is 17.1. The number of methoxy groups -OCH3 is 2. The summed E-state index contributed by atoms with van der Waals surface area (Å²) in [6, 6.07) is 12.9. The molecule has 0 atom stereocenters. The van der Waals surface area contributed by atoms with Crippen LogP contribution in [0.1, 0.15) is 16.7 Å². The maximum Gasteiger partial charge on any atom is 0.363 e. The fourth-order valence-electron chi connectivity index (χ4n) is 2.56. The van der Waals surface area contributed by atoms with Crippen molar-refractivity contribution in [2.75, 3.05) is 14.2 Å². The molecule has 1 aliphatic heterocycles. The first-order valence-corrected chi connectivity index (χ1v) is 7.43. The summed E-state index contributed by atoms with van der Waals surface area (Å²) in [4.78, 5) is 16.4. The van der Waals surface area contributed by atoms with Crippen molar-refractivity contribution >= 4 is 17.9 Å². The predicted octanol–water partition coefficient (Wildman–Crippen LogP) is 3.36. The Morgan fingerprint density at radius 2 is 1.79 bits per heavy atom. The number of rotatable bonds is 4. The quantitative estimate of drug-likeness (QED) is 0.639. The standard InChI is InChI=1S/C19H17NO4/c1-12-16(22-2)10-9-14(17(12)23-3)11-15-19(21)24-18(20-15)13-7-5-4-6-8-13/h4-11H,1-3H3/b15-11-. The van der Waals surface area contributed by atoms with Crippen LogP contribution in [0.3, 0.4) is 0 Å². The van der Waals surface area contributed by atoms with Gasteiger partial charge in [-0.2, -0.15) is 0 Å². The van der Waals surface area contributed by atoms with E-state index in [0.29, 0.717) is 11.6 Å². The molecule has 2 aromatic rings. The molecular weight excluding hydrogens is 306 g/mol. The lowest BCUT2D eigenvalue weighted by atomic mass is 10.1. The van der Waals surface area contributed by atoms with Gasteiger partial charge in [0.1, 0.15) is 11.5 Å². The summed E-state index contributed by atoms with van der Waals surface area (Å²) in [5, 5.41) is 0. The number of nitrogens with zero attached hydrogens (tertiary/aromatic N) is 1. The van der Waals surface area contributed by atoms with Crippen molar-refractivity contribution in [3.05, 3.63) is 64.9 Å². The molecule has 0 radical (unpaired) electrons. The summed E-state index contributed by atoms with van der Waals surface area (Å²) in [6.45, 7) is 1.89. The average Bonchev–Trinajstić information content (AvgIpc) is 2.97. The number of hydrogen-bond acceptors (Lipinski definition) is 5. The lowest BCUT2D eigenvalue weighted by Crippen LogP contribution is -2.05. The second-order valence-electron chi connectivity index (χ2n) is 5.22. The molecule has 0 fully saturated rings. The Balaban J connectivity index is 2.01. The minimum Gasteiger partial charge on any atom is -0.496 e. The largest absolute Gasteiger partial charge is 0.496 e. The highest BCUT2D eigenvalue weighted by atomic mass is 16.6. The summed E-state index contributed by atoms with van der Waals surface area (Å²) < 4.78 is 16.0. The normalized spacial score (nSPS) is 15.2. The van der Waals surface area contributed by atoms with Crippen LogP contribution in [0.4, 0.5) is 0 Å². The minimum absolute atomic E-state index is 0.233. The molecule has 24 heavy (non-hydrogen) atoms. The van der Waals surface area contributed by atoms with Gasteiger partial charge in [-0.1, -0.05) is 18.2 Å². The second-order valence-corrected chi connectivity index (χ2v) is 5.22. The first kappa shape index (κ1) is 15.8. The van der Waals surface area contributed by atoms with E-state index in [1.54, 1.807) is 20.3 Å². The second kappa shape index (κ2) is 6.58. The van der Waals surface area contributed by atoms with Crippen LogP contribution in [0.2, 0.25) is 0 Å². The lowest BCUT2D eigenvalue weighted by molar-refractivity contribution is -0.129. The Labute approximate surface area is 140 Å². The number of ether oxygens (including phenoxy) is 3. The number of esters is 1. The molecule has 1 heterocycles. The van der Waals surface area contributed by atoms with Crippen LogP contribution >= 0.6 is 0 Å². The molecule has 0 N–H and O–H groups in total. The number of carbonyl (C=O) groups is 1. The Morgan fingerprint density at radius 1 is 1.04 bits per heavy atom. The van der Waals surface area contributed by atoms with Gasteiger partial charge in [-0.15, -0.1) is 0 Å². The molecule has 0 spiro atoms. The molecule has 2 aromatic carbocycles.